The molecule has 1 saturated heterocycles. The summed E-state index contributed by atoms with van der Waals surface area (Å²) in [4.78, 5) is 22.6. The van der Waals surface area contributed by atoms with Gasteiger partial charge in [-0.2, -0.15) is 0 Å². The third kappa shape index (κ3) is 3.62. The molecule has 1 heterocycles. The van der Waals surface area contributed by atoms with E-state index in [4.69, 9.17) is 4.74 Å². The van der Waals surface area contributed by atoms with E-state index in [1.807, 2.05) is 13.8 Å². The Morgan fingerprint density at radius 1 is 0.844 bits per heavy atom. The summed E-state index contributed by atoms with van der Waals surface area (Å²) in [6, 6.07) is 0. The molecule has 5 aliphatic rings. The lowest BCUT2D eigenvalue weighted by Crippen LogP contribution is -2.58. The molecule has 1 amide bonds. The van der Waals surface area contributed by atoms with Crippen LogP contribution in [-0.2, 0) is 9.53 Å². The fraction of sp³-hybridized carbons (Fsp3) is 0.964. The van der Waals surface area contributed by atoms with E-state index in [9.17, 15) is 9.70 Å². The predicted molar refractivity (Wildman–Crippen MR) is 129 cm³/mol. The molecule has 4 aliphatic carbocycles. The van der Waals surface area contributed by atoms with Crippen molar-refractivity contribution in [2.75, 3.05) is 0 Å². The fourth-order valence-electron chi connectivity index (χ4n) is 9.13. The van der Waals surface area contributed by atoms with Crippen LogP contribution in [0.4, 0.5) is 0 Å². The molecule has 4 heteroatoms. The highest BCUT2D eigenvalue weighted by atomic mass is 16.5. The van der Waals surface area contributed by atoms with Crippen molar-refractivity contribution >= 4 is 5.91 Å². The topological polar surface area (TPSA) is 55.7 Å². The number of rotatable bonds is 1. The molecule has 7 unspecified atom stereocenters. The third-order valence-corrected chi connectivity index (χ3v) is 11.4. The minimum atomic E-state index is -0.393. The molecular formula is C28H47NO3. The molecule has 0 bridgehead atoms. The van der Waals surface area contributed by atoms with Gasteiger partial charge < -0.3 is 4.74 Å². The van der Waals surface area contributed by atoms with Crippen molar-refractivity contribution < 1.29 is 9.53 Å². The third-order valence-electron chi connectivity index (χ3n) is 11.4. The number of amides is 1. The quantitative estimate of drug-likeness (QED) is 0.392. The summed E-state index contributed by atoms with van der Waals surface area (Å²) in [7, 11) is 0. The second kappa shape index (κ2) is 8.78. The Morgan fingerprint density at radius 2 is 1.56 bits per heavy atom. The summed E-state index contributed by atoms with van der Waals surface area (Å²) < 4.78 is 6.98. The Bertz CT molecular complexity index is 719. The summed E-state index contributed by atoms with van der Waals surface area (Å²) in [6.07, 6.45) is 13.6. The lowest BCUT2D eigenvalue weighted by Gasteiger charge is -2.60. The second-order valence-electron chi connectivity index (χ2n) is 12.6. The fourth-order valence-corrected chi connectivity index (χ4v) is 9.13. The normalized spacial score (nSPS) is 49.1. The maximum Gasteiger partial charge on any atom is 0.289 e. The molecule has 5 fully saturated rings. The van der Waals surface area contributed by atoms with Gasteiger partial charge in [-0.3, -0.25) is 4.79 Å². The molecular weight excluding hydrogens is 398 g/mol. The van der Waals surface area contributed by atoms with Crippen LogP contribution in [0.25, 0.3) is 0 Å². The average molecular weight is 446 g/mol. The van der Waals surface area contributed by atoms with E-state index in [0.29, 0.717) is 22.9 Å². The lowest BCUT2D eigenvalue weighted by molar-refractivity contribution is -0.231. The molecule has 1 spiro atoms. The average Bonchev–Trinajstić information content (AvgIpc) is 3.09. The molecule has 0 aromatic heterocycles. The Hall–Kier alpha value is -0.770. The first-order valence-corrected chi connectivity index (χ1v) is 13.8. The number of hydrogen-bond acceptors (Lipinski definition) is 3. The number of carbonyl (C=O) groups excluding carboxylic acids is 1. The molecule has 9 atom stereocenters. The second-order valence-corrected chi connectivity index (χ2v) is 12.6. The van der Waals surface area contributed by atoms with Gasteiger partial charge in [0.15, 0.2) is 0 Å². The summed E-state index contributed by atoms with van der Waals surface area (Å²) in [6.45, 7) is 13.6. The summed E-state index contributed by atoms with van der Waals surface area (Å²) in [5.41, 5.74) is 0.732. The van der Waals surface area contributed by atoms with Crippen molar-refractivity contribution in [3.8, 4) is 0 Å². The van der Waals surface area contributed by atoms with Gasteiger partial charge in [0.05, 0.1) is 11.7 Å². The van der Waals surface area contributed by atoms with Gasteiger partial charge >= 0.3 is 0 Å². The Balaban J connectivity index is 0.00000119. The van der Waals surface area contributed by atoms with Gasteiger partial charge in [-0.15, -0.1) is 4.91 Å². The molecule has 4 saturated carbocycles. The number of nitroso groups, excluding NO2 is 1. The van der Waals surface area contributed by atoms with E-state index in [2.05, 4.69) is 32.9 Å². The predicted octanol–water partition coefficient (Wildman–Crippen LogP) is 7.54. The van der Waals surface area contributed by atoms with E-state index >= 15 is 0 Å². The van der Waals surface area contributed by atoms with Crippen LogP contribution in [0, 0.1) is 51.2 Å². The van der Waals surface area contributed by atoms with Gasteiger partial charge in [-0.1, -0.05) is 34.6 Å². The highest BCUT2D eigenvalue weighted by Gasteiger charge is 2.65. The zero-order chi connectivity index (χ0) is 23.3. The minimum Gasteiger partial charge on any atom is -0.371 e. The van der Waals surface area contributed by atoms with Crippen LogP contribution in [0.3, 0.4) is 0 Å². The first-order valence-electron chi connectivity index (χ1n) is 13.8. The summed E-state index contributed by atoms with van der Waals surface area (Å²) in [5.74, 6) is 3.40. The number of ether oxygens (including phenoxy) is 1. The van der Waals surface area contributed by atoms with Gasteiger partial charge in [0, 0.05) is 11.1 Å². The smallest absolute Gasteiger partial charge is 0.289 e. The van der Waals surface area contributed by atoms with Crippen molar-refractivity contribution in [1.82, 2.24) is 0 Å². The molecule has 0 aromatic carbocycles. The van der Waals surface area contributed by atoms with Gasteiger partial charge in [-0.25, -0.2) is 0 Å². The number of hydrogen-bond donors (Lipinski definition) is 0. The molecule has 32 heavy (non-hydrogen) atoms. The van der Waals surface area contributed by atoms with Gasteiger partial charge in [-0.05, 0) is 118 Å². The van der Waals surface area contributed by atoms with Crippen LogP contribution in [0.2, 0.25) is 0 Å². The molecule has 182 valence electrons. The molecule has 0 N–H and O–H groups in total. The number of fused-ring (bicyclic) bond motifs is 6. The highest BCUT2D eigenvalue weighted by Crippen LogP contribution is 2.68. The standard InChI is InChI=1S/C26H41NO3.C2H6/c1-16-24(2,3)13-14-26(30-16)12-10-22-21-8-5-17-15-18(23(28)27-29)6-7-19(17)20(21)9-11-25(22,26)4;1-2/h16-22H,5-15H2,1-4H3;1-2H3/t16?,17?,18?,19?,20?,21?,22?,25-,26+;/m0./s1. The van der Waals surface area contributed by atoms with Gasteiger partial charge in [0.2, 0.25) is 0 Å². The van der Waals surface area contributed by atoms with Crippen molar-refractivity contribution in [2.45, 2.75) is 124 Å². The monoisotopic (exact) mass is 445 g/mol. The van der Waals surface area contributed by atoms with Crippen molar-refractivity contribution in [3.05, 3.63) is 4.91 Å². The highest BCUT2D eigenvalue weighted by molar-refractivity contribution is 5.79. The van der Waals surface area contributed by atoms with Crippen LogP contribution >= 0.6 is 0 Å². The Morgan fingerprint density at radius 3 is 2.25 bits per heavy atom. The molecule has 4 nitrogen and oxygen atoms in total. The summed E-state index contributed by atoms with van der Waals surface area (Å²) in [5, 5.41) is 2.75. The first-order chi connectivity index (χ1) is 15.2. The van der Waals surface area contributed by atoms with Gasteiger partial charge in [0.1, 0.15) is 0 Å². The molecule has 5 rings (SSSR count). The van der Waals surface area contributed by atoms with Crippen LogP contribution in [0.15, 0.2) is 5.18 Å². The summed E-state index contributed by atoms with van der Waals surface area (Å²) >= 11 is 0. The van der Waals surface area contributed by atoms with Crippen molar-refractivity contribution in [2.24, 2.45) is 51.5 Å². The first kappa shape index (κ1) is 24.4. The lowest BCUT2D eigenvalue weighted by atomic mass is 9.48. The van der Waals surface area contributed by atoms with E-state index < -0.39 is 5.91 Å². The van der Waals surface area contributed by atoms with Crippen LogP contribution in [-0.4, -0.2) is 17.6 Å². The van der Waals surface area contributed by atoms with Crippen LogP contribution in [0.1, 0.15) is 112 Å². The SMILES string of the molecule is CC.CC1O[C@]2(CCC3C4CCC5CC(C(=O)N=O)CCC5C4CC[C@@]32C)CCC1(C)C. The molecule has 0 radical (unpaired) electrons. The van der Waals surface area contributed by atoms with E-state index in [1.165, 1.54) is 51.4 Å². The van der Waals surface area contributed by atoms with E-state index in [0.717, 1.165) is 42.9 Å². The zero-order valence-electron chi connectivity index (χ0n) is 21.5. The van der Waals surface area contributed by atoms with E-state index in [-0.39, 0.29) is 11.5 Å². The van der Waals surface area contributed by atoms with Crippen LogP contribution < -0.4 is 0 Å². The van der Waals surface area contributed by atoms with Crippen molar-refractivity contribution in [1.29, 1.82) is 0 Å². The maximum atomic E-state index is 11.9. The Labute approximate surface area is 196 Å². The zero-order valence-corrected chi connectivity index (χ0v) is 21.5. The Kier molecular flexibility index (Phi) is 6.68. The van der Waals surface area contributed by atoms with Gasteiger partial charge in [0.25, 0.3) is 5.91 Å². The largest absolute Gasteiger partial charge is 0.371 e. The minimum absolute atomic E-state index is 0.0932. The molecule has 0 aromatic rings. The van der Waals surface area contributed by atoms with E-state index in [1.54, 1.807) is 0 Å². The van der Waals surface area contributed by atoms with Crippen molar-refractivity contribution in [3.63, 3.8) is 0 Å². The maximum absolute atomic E-state index is 11.9. The van der Waals surface area contributed by atoms with Crippen LogP contribution in [0.5, 0.6) is 0 Å². The number of nitrogens with zero attached hydrogens (tertiary/aromatic N) is 1. The number of carbonyl (C=O) groups is 1. The molecule has 1 aliphatic heterocycles.